The fourth-order valence-electron chi connectivity index (χ4n) is 0.245. The van der Waals surface area contributed by atoms with Gasteiger partial charge >= 0.3 is 0 Å². The average Bonchev–Trinajstić information content (AvgIpc) is 1.27. The Balaban J connectivity index is 3.45. The van der Waals surface area contributed by atoms with E-state index in [0.717, 1.165) is 0 Å². The fraction of sp³-hybridized carbons (Fsp3) is 0.750. The molecule has 0 aliphatic heterocycles. The predicted octanol–water partition coefficient (Wildman–Crippen LogP) is 2.23. The van der Waals surface area contributed by atoms with Crippen LogP contribution < -0.4 is 0 Å². The Hall–Kier alpha value is 0.250. The molecule has 7 heavy (non-hydrogen) atoms. The van der Waals surface area contributed by atoms with E-state index in [2.05, 4.69) is 4.99 Å². The summed E-state index contributed by atoms with van der Waals surface area (Å²) in [6.45, 7) is 3.45. The molecule has 0 amide bonds. The van der Waals surface area contributed by atoms with Crippen LogP contribution in [0.5, 0.6) is 0 Å². The zero-order valence-corrected chi connectivity index (χ0v) is 5.79. The van der Waals surface area contributed by atoms with Crippen LogP contribution >= 0.6 is 23.2 Å². The van der Waals surface area contributed by atoms with Crippen LogP contribution in [0.1, 0.15) is 13.8 Å². The van der Waals surface area contributed by atoms with Crippen LogP contribution in [-0.4, -0.2) is 10.7 Å². The van der Waals surface area contributed by atoms with E-state index in [1.807, 2.05) is 0 Å². The van der Waals surface area contributed by atoms with Crippen molar-refractivity contribution in [2.45, 2.75) is 19.3 Å². The molecule has 0 spiro atoms. The Bertz CT molecular complexity index is 73.8. The van der Waals surface area contributed by atoms with Gasteiger partial charge in [-0.05, 0) is 13.8 Å². The lowest BCUT2D eigenvalue weighted by Gasteiger charge is -1.89. The highest BCUT2D eigenvalue weighted by atomic mass is 35.5. The molecule has 42 valence electrons. The van der Waals surface area contributed by atoms with E-state index in [0.29, 0.717) is 5.17 Å². The lowest BCUT2D eigenvalue weighted by molar-refractivity contribution is 1.03. The van der Waals surface area contributed by atoms with Crippen molar-refractivity contribution in [2.75, 3.05) is 0 Å². The minimum absolute atomic E-state index is 0.197. The van der Waals surface area contributed by atoms with Crippen LogP contribution in [0.4, 0.5) is 0 Å². The second kappa shape index (κ2) is 3.28. The molecule has 0 saturated carbocycles. The highest BCUT2D eigenvalue weighted by Gasteiger charge is 1.87. The third-order valence-corrected chi connectivity index (χ3v) is 0.551. The summed E-state index contributed by atoms with van der Waals surface area (Å²) in [4.78, 5) is 3.73. The van der Waals surface area contributed by atoms with Gasteiger partial charge in [-0.15, -0.1) is 0 Å². The van der Waals surface area contributed by atoms with Crippen molar-refractivity contribution in [1.29, 1.82) is 0 Å². The van der Waals surface area contributed by atoms with Crippen LogP contribution in [0.3, 0.4) is 0 Å². The van der Waals surface area contributed by atoms with Gasteiger partial charge in [0, 0.05) is 0 Å². The predicted molar refractivity (Wildman–Crippen MR) is 34.3 cm³/mol. The van der Waals surface area contributed by atoms with Crippen LogP contribution in [-0.2, 0) is 0 Å². The summed E-state index contributed by atoms with van der Waals surface area (Å²) in [6, 6.07) is 0. The van der Waals surface area contributed by atoms with E-state index >= 15 is 0 Å². The zero-order chi connectivity index (χ0) is 5.86. The number of hydrogen-bond donors (Lipinski definition) is 0. The average molecular weight is 140 g/mol. The van der Waals surface area contributed by atoms with E-state index in [1.165, 1.54) is 0 Å². The van der Waals surface area contributed by atoms with Crippen molar-refractivity contribution in [1.82, 2.24) is 0 Å². The molecule has 0 rings (SSSR count). The van der Waals surface area contributed by atoms with Gasteiger partial charge < -0.3 is 0 Å². The van der Waals surface area contributed by atoms with Gasteiger partial charge in [-0.3, -0.25) is 4.99 Å². The van der Waals surface area contributed by atoms with Gasteiger partial charge in [0.15, 0.2) is 0 Å². The van der Waals surface area contributed by atoms with Crippen LogP contribution in [0.15, 0.2) is 4.99 Å². The Kier molecular flexibility index (Phi) is 3.39. The molecule has 1 atom stereocenters. The second-order valence-electron chi connectivity index (χ2n) is 1.20. The molecule has 0 bridgehead atoms. The quantitative estimate of drug-likeness (QED) is 0.301. The highest BCUT2D eigenvalue weighted by molar-refractivity contribution is 6.64. The van der Waals surface area contributed by atoms with Crippen LogP contribution in [0.25, 0.3) is 0 Å². The molecule has 3 heteroatoms. The Morgan fingerprint density at radius 3 is 2.14 bits per heavy atom. The molecule has 0 fully saturated rings. The van der Waals surface area contributed by atoms with Crippen molar-refractivity contribution in [3.63, 3.8) is 0 Å². The topological polar surface area (TPSA) is 12.4 Å². The molecule has 0 aromatic rings. The van der Waals surface area contributed by atoms with Gasteiger partial charge in [0.05, 0.1) is 5.17 Å². The lowest BCUT2D eigenvalue weighted by atomic mass is 10.7. The van der Waals surface area contributed by atoms with Crippen LogP contribution in [0, 0.1) is 0 Å². The lowest BCUT2D eigenvalue weighted by Crippen LogP contribution is -1.86. The number of halogens is 2. The first-order chi connectivity index (χ1) is 3.13. The number of rotatable bonds is 1. The molecule has 0 saturated heterocycles. The first kappa shape index (κ1) is 7.25. The monoisotopic (exact) mass is 139 g/mol. The Labute approximate surface area is 53.3 Å². The molecule has 1 unspecified atom stereocenters. The van der Waals surface area contributed by atoms with Gasteiger partial charge in [0.2, 0.25) is 0 Å². The molecule has 0 aliphatic carbocycles. The number of alkyl halides is 1. The first-order valence-electron chi connectivity index (χ1n) is 1.97. The Morgan fingerprint density at radius 1 is 1.71 bits per heavy atom. The van der Waals surface area contributed by atoms with Crippen molar-refractivity contribution in [2.24, 2.45) is 4.99 Å². The van der Waals surface area contributed by atoms with Gasteiger partial charge in [-0.2, -0.15) is 0 Å². The standard InChI is InChI=1S/C4H7Cl2N/c1-3(5)7-4(2)6/h3H,1-2H3. The third-order valence-electron chi connectivity index (χ3n) is 0.356. The molecule has 0 aromatic carbocycles. The molecule has 0 N–H and O–H groups in total. The molecule has 0 aliphatic rings. The van der Waals surface area contributed by atoms with Crippen molar-refractivity contribution < 1.29 is 0 Å². The summed E-state index contributed by atoms with van der Waals surface area (Å²) >= 11 is 10.7. The van der Waals surface area contributed by atoms with E-state index in [4.69, 9.17) is 23.2 Å². The van der Waals surface area contributed by atoms with Gasteiger partial charge in [-0.1, -0.05) is 23.2 Å². The molecule has 0 aromatic heterocycles. The maximum Gasteiger partial charge on any atom is 0.122 e. The second-order valence-corrected chi connectivity index (χ2v) is 2.38. The van der Waals surface area contributed by atoms with E-state index < -0.39 is 0 Å². The van der Waals surface area contributed by atoms with E-state index in [9.17, 15) is 0 Å². The van der Waals surface area contributed by atoms with E-state index in [-0.39, 0.29) is 5.50 Å². The zero-order valence-electron chi connectivity index (χ0n) is 4.28. The number of aliphatic imine (C=N–C) groups is 1. The molecule has 1 nitrogen and oxygen atoms in total. The normalized spacial score (nSPS) is 16.9. The smallest absolute Gasteiger partial charge is 0.122 e. The number of nitrogens with zero attached hydrogens (tertiary/aromatic N) is 1. The van der Waals surface area contributed by atoms with Gasteiger partial charge in [-0.25, -0.2) is 0 Å². The third kappa shape index (κ3) is 6.25. The number of hydrogen-bond acceptors (Lipinski definition) is 1. The molecular weight excluding hydrogens is 133 g/mol. The maximum atomic E-state index is 5.40. The van der Waals surface area contributed by atoms with Gasteiger partial charge in [0.1, 0.15) is 5.50 Å². The molecular formula is C4H7Cl2N. The SMILES string of the molecule is CC(Cl)=NC(C)Cl. The molecule has 0 radical (unpaired) electrons. The summed E-state index contributed by atoms with van der Waals surface area (Å²) in [5, 5.41) is 0.502. The summed E-state index contributed by atoms with van der Waals surface area (Å²) in [6.07, 6.45) is 0. The minimum Gasteiger partial charge on any atom is -0.259 e. The van der Waals surface area contributed by atoms with Crippen molar-refractivity contribution in [3.05, 3.63) is 0 Å². The minimum atomic E-state index is -0.197. The highest BCUT2D eigenvalue weighted by Crippen LogP contribution is 1.96. The van der Waals surface area contributed by atoms with Crippen molar-refractivity contribution >= 4 is 28.4 Å². The maximum absolute atomic E-state index is 5.40. The first-order valence-corrected chi connectivity index (χ1v) is 2.78. The summed E-state index contributed by atoms with van der Waals surface area (Å²) in [5.74, 6) is 0. The fourth-order valence-corrected chi connectivity index (χ4v) is 0.588. The van der Waals surface area contributed by atoms with Gasteiger partial charge in [0.25, 0.3) is 0 Å². The summed E-state index contributed by atoms with van der Waals surface area (Å²) in [5.41, 5.74) is -0.197. The molecule has 0 heterocycles. The van der Waals surface area contributed by atoms with Crippen LogP contribution in [0.2, 0.25) is 0 Å². The summed E-state index contributed by atoms with van der Waals surface area (Å²) < 4.78 is 0. The largest absolute Gasteiger partial charge is 0.259 e. The summed E-state index contributed by atoms with van der Waals surface area (Å²) in [7, 11) is 0. The van der Waals surface area contributed by atoms with Crippen molar-refractivity contribution in [3.8, 4) is 0 Å². The Morgan fingerprint density at radius 2 is 2.14 bits per heavy atom. The van der Waals surface area contributed by atoms with E-state index in [1.54, 1.807) is 13.8 Å².